The van der Waals surface area contributed by atoms with Crippen LogP contribution in [0.15, 0.2) is 36.4 Å². The second-order valence-electron chi connectivity index (χ2n) is 6.01. The van der Waals surface area contributed by atoms with Gasteiger partial charge in [0, 0.05) is 17.8 Å². The van der Waals surface area contributed by atoms with Gasteiger partial charge in [-0.2, -0.15) is 5.10 Å². The summed E-state index contributed by atoms with van der Waals surface area (Å²) in [5, 5.41) is 7.17. The molecule has 0 saturated heterocycles. The minimum Gasteiger partial charge on any atom is -0.493 e. The molecule has 1 amide bonds. The number of anilines is 1. The number of ether oxygens (including phenoxy) is 3. The second-order valence-corrected chi connectivity index (χ2v) is 6.37. The van der Waals surface area contributed by atoms with Crippen molar-refractivity contribution >= 4 is 23.2 Å². The van der Waals surface area contributed by atoms with E-state index in [-0.39, 0.29) is 16.5 Å². The number of benzene rings is 2. The van der Waals surface area contributed by atoms with E-state index in [9.17, 15) is 9.18 Å². The molecule has 1 heterocycles. The molecule has 2 aromatic carbocycles. The number of nitrogens with one attached hydrogen (secondary N) is 1. The van der Waals surface area contributed by atoms with Crippen molar-refractivity contribution in [3.63, 3.8) is 0 Å². The first-order valence-electron chi connectivity index (χ1n) is 8.52. The first kappa shape index (κ1) is 20.5. The van der Waals surface area contributed by atoms with Gasteiger partial charge in [-0.15, -0.1) is 0 Å². The minimum absolute atomic E-state index is 0.110. The van der Waals surface area contributed by atoms with Crippen molar-refractivity contribution in [2.24, 2.45) is 0 Å². The van der Waals surface area contributed by atoms with Crippen LogP contribution in [0.25, 0.3) is 5.69 Å². The normalized spacial score (nSPS) is 10.6. The van der Waals surface area contributed by atoms with Crippen molar-refractivity contribution in [1.82, 2.24) is 9.78 Å². The topological polar surface area (TPSA) is 74.6 Å². The molecule has 152 valence electrons. The summed E-state index contributed by atoms with van der Waals surface area (Å²) in [6.45, 7) is 1.66. The average molecular weight is 420 g/mol. The Bertz CT molecular complexity index is 1030. The highest BCUT2D eigenvalue weighted by Gasteiger charge is 2.22. The average Bonchev–Trinajstić information content (AvgIpc) is 3.01. The summed E-state index contributed by atoms with van der Waals surface area (Å²) >= 11 is 6.41. The zero-order valence-electron chi connectivity index (χ0n) is 16.2. The highest BCUT2D eigenvalue weighted by Crippen LogP contribution is 2.40. The number of methoxy groups -OCH3 is 3. The van der Waals surface area contributed by atoms with Crippen LogP contribution in [0.3, 0.4) is 0 Å². The molecule has 0 aliphatic carbocycles. The Hall–Kier alpha value is -3.26. The fourth-order valence-electron chi connectivity index (χ4n) is 2.86. The van der Waals surface area contributed by atoms with Crippen LogP contribution < -0.4 is 19.5 Å². The number of hydrogen-bond acceptors (Lipinski definition) is 5. The third-order valence-electron chi connectivity index (χ3n) is 4.22. The lowest BCUT2D eigenvalue weighted by atomic mass is 10.2. The maximum Gasteiger partial charge on any atom is 0.260 e. The lowest BCUT2D eigenvalue weighted by molar-refractivity contribution is 0.102. The molecular formula is C20H19ClFN3O4. The van der Waals surface area contributed by atoms with Crippen molar-refractivity contribution in [1.29, 1.82) is 0 Å². The molecule has 0 unspecified atom stereocenters. The number of hydrogen-bond donors (Lipinski definition) is 1. The van der Waals surface area contributed by atoms with E-state index in [1.54, 1.807) is 19.1 Å². The smallest absolute Gasteiger partial charge is 0.260 e. The Balaban J connectivity index is 1.95. The van der Waals surface area contributed by atoms with Crippen LogP contribution in [-0.4, -0.2) is 37.0 Å². The molecule has 0 aliphatic rings. The number of amides is 1. The van der Waals surface area contributed by atoms with Crippen molar-refractivity contribution in [2.75, 3.05) is 26.6 Å². The Morgan fingerprint density at radius 2 is 1.66 bits per heavy atom. The molecule has 0 aliphatic heterocycles. The first-order valence-corrected chi connectivity index (χ1v) is 8.89. The summed E-state index contributed by atoms with van der Waals surface area (Å²) in [6, 6.07) is 8.83. The fourth-order valence-corrected chi connectivity index (χ4v) is 3.22. The van der Waals surface area contributed by atoms with Crippen LogP contribution in [-0.2, 0) is 0 Å². The Labute approximate surface area is 171 Å². The number of aryl methyl sites for hydroxylation is 1. The van der Waals surface area contributed by atoms with Crippen LogP contribution in [0.1, 0.15) is 16.1 Å². The van der Waals surface area contributed by atoms with E-state index in [1.165, 1.54) is 50.3 Å². The maximum absolute atomic E-state index is 13.2. The Morgan fingerprint density at radius 3 is 2.17 bits per heavy atom. The van der Waals surface area contributed by atoms with Gasteiger partial charge in [-0.1, -0.05) is 11.6 Å². The number of halogens is 2. The third-order valence-corrected chi connectivity index (χ3v) is 4.57. The van der Waals surface area contributed by atoms with Gasteiger partial charge in [-0.3, -0.25) is 4.79 Å². The van der Waals surface area contributed by atoms with Gasteiger partial charge in [-0.25, -0.2) is 9.07 Å². The molecule has 0 saturated carbocycles. The Morgan fingerprint density at radius 1 is 1.07 bits per heavy atom. The van der Waals surface area contributed by atoms with E-state index < -0.39 is 5.91 Å². The summed E-state index contributed by atoms with van der Waals surface area (Å²) in [4.78, 5) is 12.9. The molecular weight excluding hydrogens is 401 g/mol. The summed E-state index contributed by atoms with van der Waals surface area (Å²) in [7, 11) is 4.46. The van der Waals surface area contributed by atoms with Gasteiger partial charge in [-0.05, 0) is 31.2 Å². The van der Waals surface area contributed by atoms with Crippen molar-refractivity contribution in [2.45, 2.75) is 6.92 Å². The van der Waals surface area contributed by atoms with Crippen molar-refractivity contribution in [3.8, 4) is 22.9 Å². The van der Waals surface area contributed by atoms with E-state index in [2.05, 4.69) is 10.4 Å². The van der Waals surface area contributed by atoms with Gasteiger partial charge in [0.25, 0.3) is 5.91 Å². The van der Waals surface area contributed by atoms with Gasteiger partial charge < -0.3 is 19.5 Å². The van der Waals surface area contributed by atoms with Gasteiger partial charge in [0.2, 0.25) is 5.75 Å². The minimum atomic E-state index is -0.463. The van der Waals surface area contributed by atoms with E-state index in [4.69, 9.17) is 25.8 Å². The molecule has 0 spiro atoms. The van der Waals surface area contributed by atoms with Crippen LogP contribution in [0, 0.1) is 12.7 Å². The predicted octanol–water partition coefficient (Wildman–Crippen LogP) is 4.25. The van der Waals surface area contributed by atoms with Crippen molar-refractivity contribution < 1.29 is 23.4 Å². The van der Waals surface area contributed by atoms with Crippen LogP contribution in [0.5, 0.6) is 17.2 Å². The van der Waals surface area contributed by atoms with Crippen molar-refractivity contribution in [3.05, 3.63) is 58.6 Å². The molecule has 1 aromatic heterocycles. The molecule has 1 N–H and O–H groups in total. The van der Waals surface area contributed by atoms with E-state index in [0.29, 0.717) is 34.3 Å². The number of carbonyl (C=O) groups excluding carboxylic acids is 1. The van der Waals surface area contributed by atoms with Gasteiger partial charge in [0.15, 0.2) is 11.5 Å². The standard InChI is InChI=1S/C20H19ClFN3O4/c1-11-17(19(21)25(24-11)14-7-5-12(22)6-8-14)20(26)23-13-9-15(27-2)18(29-4)16(10-13)28-3/h5-10H,1-4H3,(H,23,26). The monoisotopic (exact) mass is 419 g/mol. The number of carbonyl (C=O) groups is 1. The van der Waals surface area contributed by atoms with E-state index in [1.807, 2.05) is 0 Å². The van der Waals surface area contributed by atoms with Crippen LogP contribution in [0.2, 0.25) is 5.15 Å². The van der Waals surface area contributed by atoms with E-state index >= 15 is 0 Å². The lowest BCUT2D eigenvalue weighted by Crippen LogP contribution is -2.13. The fraction of sp³-hybridized carbons (Fsp3) is 0.200. The SMILES string of the molecule is COc1cc(NC(=O)c2c(C)nn(-c3ccc(F)cc3)c2Cl)cc(OC)c1OC. The van der Waals surface area contributed by atoms with Gasteiger partial charge in [0.1, 0.15) is 16.5 Å². The van der Waals surface area contributed by atoms with Crippen LogP contribution in [0.4, 0.5) is 10.1 Å². The molecule has 3 aromatic rings. The third kappa shape index (κ3) is 3.97. The molecule has 3 rings (SSSR count). The number of aromatic nitrogens is 2. The number of nitrogens with zero attached hydrogens (tertiary/aromatic N) is 2. The summed E-state index contributed by atoms with van der Waals surface area (Å²) in [5.41, 5.74) is 1.58. The number of rotatable bonds is 6. The van der Waals surface area contributed by atoms with Gasteiger partial charge >= 0.3 is 0 Å². The molecule has 29 heavy (non-hydrogen) atoms. The second kappa shape index (κ2) is 8.40. The van der Waals surface area contributed by atoms with Crippen LogP contribution >= 0.6 is 11.6 Å². The molecule has 0 atom stereocenters. The molecule has 0 radical (unpaired) electrons. The summed E-state index contributed by atoms with van der Waals surface area (Å²) in [5.74, 6) is 0.356. The molecule has 9 heteroatoms. The predicted molar refractivity (Wildman–Crippen MR) is 107 cm³/mol. The molecule has 7 nitrogen and oxygen atoms in total. The quantitative estimate of drug-likeness (QED) is 0.646. The first-order chi connectivity index (χ1) is 13.9. The largest absolute Gasteiger partial charge is 0.493 e. The summed E-state index contributed by atoms with van der Waals surface area (Å²) < 4.78 is 30.4. The Kier molecular flexibility index (Phi) is 5.93. The lowest BCUT2D eigenvalue weighted by Gasteiger charge is -2.14. The highest BCUT2D eigenvalue weighted by atomic mass is 35.5. The molecule has 0 bridgehead atoms. The maximum atomic E-state index is 13.2. The highest BCUT2D eigenvalue weighted by molar-refractivity contribution is 6.34. The molecule has 0 fully saturated rings. The zero-order valence-corrected chi connectivity index (χ0v) is 17.0. The zero-order chi connectivity index (χ0) is 21.1. The van der Waals surface area contributed by atoms with Gasteiger partial charge in [0.05, 0.1) is 32.7 Å². The van der Waals surface area contributed by atoms with E-state index in [0.717, 1.165) is 0 Å². The summed E-state index contributed by atoms with van der Waals surface area (Å²) in [6.07, 6.45) is 0.